The highest BCUT2D eigenvalue weighted by atomic mass is 32.2. The molecule has 0 unspecified atom stereocenters. The van der Waals surface area contributed by atoms with Gasteiger partial charge in [0.25, 0.3) is 0 Å². The van der Waals surface area contributed by atoms with Crippen molar-refractivity contribution >= 4 is 32.3 Å². The van der Waals surface area contributed by atoms with Gasteiger partial charge in [-0.3, -0.25) is 0 Å². The summed E-state index contributed by atoms with van der Waals surface area (Å²) in [5.41, 5.74) is 10.7. The van der Waals surface area contributed by atoms with E-state index < -0.39 is 26.7 Å². The zero-order valence-electron chi connectivity index (χ0n) is 22.6. The van der Waals surface area contributed by atoms with Gasteiger partial charge in [-0.1, -0.05) is 47.8 Å². The van der Waals surface area contributed by atoms with Crippen molar-refractivity contribution in [3.05, 3.63) is 76.9 Å². The standard InChI is InChI=1S/C31H29FN4O4S2/c32-24-14-21(11-12-27(24)42(34,39)40)17-36-25(22-6-2-5-19(13-22)8-7-18-3-1-4-18)16-23(26(36)15-20-9-10-20)30-35-28(31(37)38)29(33)41-30/h2,5-6,11-14,16,18,20H,1,3-4,9-10,15,17,33H2,(H,37,38)(H2,34,39,40). The number of aromatic nitrogens is 2. The highest BCUT2D eigenvalue weighted by molar-refractivity contribution is 7.89. The van der Waals surface area contributed by atoms with Gasteiger partial charge >= 0.3 is 5.97 Å². The number of thiazole rings is 1. The number of aromatic carboxylic acids is 1. The minimum absolute atomic E-state index is 0.123. The summed E-state index contributed by atoms with van der Waals surface area (Å²) in [6.07, 6.45) is 6.33. The van der Waals surface area contributed by atoms with Gasteiger partial charge < -0.3 is 15.4 Å². The first kappa shape index (κ1) is 28.2. The van der Waals surface area contributed by atoms with E-state index in [9.17, 15) is 22.7 Å². The van der Waals surface area contributed by atoms with Crippen LogP contribution in [0.25, 0.3) is 21.8 Å². The summed E-state index contributed by atoms with van der Waals surface area (Å²) in [6, 6.07) is 13.8. The minimum atomic E-state index is -4.21. The summed E-state index contributed by atoms with van der Waals surface area (Å²) < 4.78 is 40.5. The summed E-state index contributed by atoms with van der Waals surface area (Å²) >= 11 is 1.12. The molecule has 42 heavy (non-hydrogen) atoms. The molecule has 0 spiro atoms. The molecule has 2 aromatic carbocycles. The molecule has 0 atom stereocenters. The number of benzene rings is 2. The van der Waals surface area contributed by atoms with Crippen LogP contribution in [0.15, 0.2) is 53.4 Å². The number of halogens is 1. The van der Waals surface area contributed by atoms with Crippen LogP contribution in [0.1, 0.15) is 59.4 Å². The van der Waals surface area contributed by atoms with Crippen molar-refractivity contribution in [1.82, 2.24) is 9.55 Å². The SMILES string of the molecule is Nc1sc(-c2cc(-c3cccc(C#CC4CCC4)c3)n(Cc3ccc(S(N)(=O)=O)c(F)c3)c2CC2CC2)nc1C(=O)O. The maximum absolute atomic E-state index is 14.9. The van der Waals surface area contributed by atoms with Crippen LogP contribution in [0.3, 0.4) is 0 Å². The lowest BCUT2D eigenvalue weighted by atomic mass is 9.86. The Morgan fingerprint density at radius 1 is 1.14 bits per heavy atom. The molecule has 6 rings (SSSR count). The number of nitrogen functional groups attached to an aromatic ring is 1. The lowest BCUT2D eigenvalue weighted by Crippen LogP contribution is -2.14. The van der Waals surface area contributed by atoms with E-state index in [2.05, 4.69) is 21.4 Å². The zero-order chi connectivity index (χ0) is 29.6. The van der Waals surface area contributed by atoms with Gasteiger partial charge in [0.15, 0.2) is 5.69 Å². The molecule has 216 valence electrons. The summed E-state index contributed by atoms with van der Waals surface area (Å²) in [4.78, 5) is 15.6. The Balaban J connectivity index is 1.50. The summed E-state index contributed by atoms with van der Waals surface area (Å²) in [5, 5.41) is 15.4. The molecule has 11 heteroatoms. The van der Waals surface area contributed by atoms with Gasteiger partial charge in [-0.05, 0) is 79.5 Å². The number of rotatable bonds is 8. The molecule has 0 amide bonds. The smallest absolute Gasteiger partial charge is 0.357 e. The van der Waals surface area contributed by atoms with Crippen molar-refractivity contribution in [2.45, 2.75) is 50.0 Å². The molecule has 2 aliphatic rings. The third kappa shape index (κ3) is 5.83. The Labute approximate surface area is 247 Å². The molecule has 5 N–H and O–H groups in total. The van der Waals surface area contributed by atoms with Gasteiger partial charge in [-0.25, -0.2) is 27.7 Å². The van der Waals surface area contributed by atoms with Crippen LogP contribution in [-0.2, 0) is 23.0 Å². The number of carbonyl (C=O) groups is 1. The lowest BCUT2D eigenvalue weighted by Gasteiger charge is -2.18. The molecule has 0 saturated heterocycles. The quantitative estimate of drug-likeness (QED) is 0.227. The van der Waals surface area contributed by atoms with Crippen LogP contribution < -0.4 is 10.9 Å². The van der Waals surface area contributed by atoms with E-state index in [0.717, 1.165) is 71.5 Å². The molecular formula is C31H29FN4O4S2. The van der Waals surface area contributed by atoms with Crippen LogP contribution in [0.5, 0.6) is 0 Å². The van der Waals surface area contributed by atoms with E-state index in [1.165, 1.54) is 18.6 Å². The molecular weight excluding hydrogens is 575 g/mol. The third-order valence-electron chi connectivity index (χ3n) is 7.80. The van der Waals surface area contributed by atoms with Crippen molar-refractivity contribution in [2.75, 3.05) is 5.73 Å². The first-order chi connectivity index (χ1) is 20.1. The van der Waals surface area contributed by atoms with Gasteiger partial charge in [0.05, 0.1) is 0 Å². The molecule has 2 heterocycles. The average molecular weight is 605 g/mol. The van der Waals surface area contributed by atoms with Crippen molar-refractivity contribution in [2.24, 2.45) is 17.0 Å². The van der Waals surface area contributed by atoms with Gasteiger partial charge in [-0.15, -0.1) is 0 Å². The van der Waals surface area contributed by atoms with Crippen LogP contribution >= 0.6 is 11.3 Å². The second-order valence-electron chi connectivity index (χ2n) is 10.9. The fraction of sp³-hybridized carbons (Fsp3) is 0.290. The van der Waals surface area contributed by atoms with Crippen LogP contribution in [-0.4, -0.2) is 29.0 Å². The minimum Gasteiger partial charge on any atom is -0.476 e. The van der Waals surface area contributed by atoms with Gasteiger partial charge in [-0.2, -0.15) is 0 Å². The zero-order valence-corrected chi connectivity index (χ0v) is 24.3. The molecule has 0 radical (unpaired) electrons. The number of nitrogens with zero attached hydrogens (tertiary/aromatic N) is 2. The Bertz CT molecular complexity index is 1880. The van der Waals surface area contributed by atoms with E-state index in [4.69, 9.17) is 10.9 Å². The predicted molar refractivity (Wildman–Crippen MR) is 160 cm³/mol. The molecule has 2 aromatic heterocycles. The van der Waals surface area contributed by atoms with Crippen molar-refractivity contribution in [3.8, 4) is 33.7 Å². The van der Waals surface area contributed by atoms with E-state index in [0.29, 0.717) is 22.4 Å². The number of carboxylic acid groups (broad SMARTS) is 1. The second-order valence-corrected chi connectivity index (χ2v) is 13.5. The van der Waals surface area contributed by atoms with E-state index in [-0.39, 0.29) is 17.2 Å². The Morgan fingerprint density at radius 2 is 1.93 bits per heavy atom. The average Bonchev–Trinajstić information content (AvgIpc) is 3.54. The fourth-order valence-electron chi connectivity index (χ4n) is 5.16. The second kappa shape index (κ2) is 11.0. The molecule has 4 aromatic rings. The first-order valence-electron chi connectivity index (χ1n) is 13.7. The normalized spacial score (nSPS) is 15.2. The summed E-state index contributed by atoms with van der Waals surface area (Å²) in [5.74, 6) is 5.44. The molecule has 2 saturated carbocycles. The Morgan fingerprint density at radius 3 is 2.55 bits per heavy atom. The Hall–Kier alpha value is -3.98. The maximum Gasteiger partial charge on any atom is 0.357 e. The van der Waals surface area contributed by atoms with Crippen LogP contribution in [0, 0.1) is 29.5 Å². The van der Waals surface area contributed by atoms with E-state index in [1.807, 2.05) is 30.3 Å². The third-order valence-corrected chi connectivity index (χ3v) is 9.66. The van der Waals surface area contributed by atoms with Crippen molar-refractivity contribution in [1.29, 1.82) is 0 Å². The fourth-order valence-corrected chi connectivity index (χ4v) is 6.61. The van der Waals surface area contributed by atoms with Crippen molar-refractivity contribution < 1.29 is 22.7 Å². The summed E-state index contributed by atoms with van der Waals surface area (Å²) in [6.45, 7) is 0.240. The number of carboxylic acids is 1. The summed E-state index contributed by atoms with van der Waals surface area (Å²) in [7, 11) is -4.21. The van der Waals surface area contributed by atoms with E-state index in [1.54, 1.807) is 6.07 Å². The maximum atomic E-state index is 14.9. The number of anilines is 1. The predicted octanol–water partition coefficient (Wildman–Crippen LogP) is 5.50. The number of nitrogens with two attached hydrogens (primary N) is 2. The number of hydrogen-bond donors (Lipinski definition) is 3. The first-order valence-corrected chi connectivity index (χ1v) is 16.1. The van der Waals surface area contributed by atoms with Crippen LogP contribution in [0.2, 0.25) is 0 Å². The molecule has 2 fully saturated rings. The topological polar surface area (TPSA) is 141 Å². The number of primary sulfonamides is 1. The molecule has 8 nitrogen and oxygen atoms in total. The highest BCUT2D eigenvalue weighted by Gasteiger charge is 2.29. The van der Waals surface area contributed by atoms with Crippen LogP contribution in [0.4, 0.5) is 9.39 Å². The number of hydrogen-bond acceptors (Lipinski definition) is 6. The Kier molecular flexibility index (Phi) is 7.39. The van der Waals surface area contributed by atoms with Gasteiger partial charge in [0.2, 0.25) is 10.0 Å². The largest absolute Gasteiger partial charge is 0.476 e. The molecule has 2 aliphatic carbocycles. The monoisotopic (exact) mass is 604 g/mol. The number of sulfonamides is 1. The van der Waals surface area contributed by atoms with E-state index >= 15 is 0 Å². The van der Waals surface area contributed by atoms with Gasteiger partial charge in [0, 0.05) is 35.0 Å². The molecule has 0 aliphatic heterocycles. The van der Waals surface area contributed by atoms with Gasteiger partial charge in [0.1, 0.15) is 20.7 Å². The lowest BCUT2D eigenvalue weighted by molar-refractivity contribution is 0.0692. The highest BCUT2D eigenvalue weighted by Crippen LogP contribution is 2.42. The van der Waals surface area contributed by atoms with Crippen molar-refractivity contribution in [3.63, 3.8) is 0 Å². The molecule has 0 bridgehead atoms.